The largest absolute Gasteiger partial charge is 0.488 e. The molecule has 0 radical (unpaired) electrons. The normalized spacial score (nSPS) is 10.5. The predicted octanol–water partition coefficient (Wildman–Crippen LogP) is 3.69. The second kappa shape index (κ2) is 5.62. The molecule has 0 aliphatic rings. The van der Waals surface area contributed by atoms with E-state index >= 15 is 0 Å². The fourth-order valence-electron chi connectivity index (χ4n) is 1.43. The molecule has 0 bridgehead atoms. The van der Waals surface area contributed by atoms with Crippen molar-refractivity contribution in [2.45, 2.75) is 13.2 Å². The number of hydrogen-bond donors (Lipinski definition) is 1. The van der Waals surface area contributed by atoms with Crippen LogP contribution in [0.15, 0.2) is 34.1 Å². The van der Waals surface area contributed by atoms with Gasteiger partial charge in [0.15, 0.2) is 0 Å². The van der Waals surface area contributed by atoms with Crippen LogP contribution >= 0.6 is 27.3 Å². The van der Waals surface area contributed by atoms with E-state index in [0.717, 1.165) is 8.66 Å². The lowest BCUT2D eigenvalue weighted by Crippen LogP contribution is -2.02. The Morgan fingerprint density at radius 1 is 1.29 bits per heavy atom. The average molecular weight is 316 g/mol. The minimum atomic E-state index is -0.295. The standard InChI is InChI=1S/C12H11BrFNOS/c13-12-4-2-10(17-12)7-16-11-3-1-9(14)5-8(11)6-15/h1-5H,6-7,15H2. The van der Waals surface area contributed by atoms with Gasteiger partial charge in [0.2, 0.25) is 0 Å². The van der Waals surface area contributed by atoms with E-state index in [-0.39, 0.29) is 12.4 Å². The summed E-state index contributed by atoms with van der Waals surface area (Å²) in [6, 6.07) is 8.34. The van der Waals surface area contributed by atoms with Gasteiger partial charge < -0.3 is 10.5 Å². The van der Waals surface area contributed by atoms with Gasteiger partial charge in [0.25, 0.3) is 0 Å². The molecule has 1 aromatic carbocycles. The lowest BCUT2D eigenvalue weighted by Gasteiger charge is -2.09. The zero-order chi connectivity index (χ0) is 12.3. The highest BCUT2D eigenvalue weighted by atomic mass is 79.9. The Hall–Kier alpha value is -0.910. The summed E-state index contributed by atoms with van der Waals surface area (Å²) in [6.45, 7) is 0.732. The Morgan fingerprint density at radius 3 is 2.76 bits per heavy atom. The van der Waals surface area contributed by atoms with Crippen molar-refractivity contribution < 1.29 is 9.13 Å². The van der Waals surface area contributed by atoms with E-state index < -0.39 is 0 Å². The quantitative estimate of drug-likeness (QED) is 0.934. The van der Waals surface area contributed by atoms with Gasteiger partial charge in [-0.25, -0.2) is 4.39 Å². The van der Waals surface area contributed by atoms with Crippen molar-refractivity contribution in [2.75, 3.05) is 0 Å². The van der Waals surface area contributed by atoms with E-state index in [4.69, 9.17) is 10.5 Å². The van der Waals surface area contributed by atoms with Crippen LogP contribution in [0, 0.1) is 5.82 Å². The average Bonchev–Trinajstić information content (AvgIpc) is 2.73. The highest BCUT2D eigenvalue weighted by Gasteiger charge is 2.05. The Morgan fingerprint density at radius 2 is 2.12 bits per heavy atom. The summed E-state index contributed by atoms with van der Waals surface area (Å²) in [5.41, 5.74) is 6.22. The van der Waals surface area contributed by atoms with Gasteiger partial charge in [0, 0.05) is 17.0 Å². The summed E-state index contributed by atoms with van der Waals surface area (Å²) in [5.74, 6) is 0.343. The van der Waals surface area contributed by atoms with Crippen molar-refractivity contribution >= 4 is 27.3 Å². The van der Waals surface area contributed by atoms with Crippen LogP contribution in [0.3, 0.4) is 0 Å². The minimum absolute atomic E-state index is 0.265. The number of halogens is 2. The molecule has 0 fully saturated rings. The van der Waals surface area contributed by atoms with Gasteiger partial charge in [0.05, 0.1) is 3.79 Å². The Kier molecular flexibility index (Phi) is 4.15. The van der Waals surface area contributed by atoms with E-state index in [0.29, 0.717) is 17.9 Å². The molecule has 2 N–H and O–H groups in total. The van der Waals surface area contributed by atoms with E-state index in [9.17, 15) is 4.39 Å². The van der Waals surface area contributed by atoms with Crippen molar-refractivity contribution in [1.82, 2.24) is 0 Å². The monoisotopic (exact) mass is 315 g/mol. The lowest BCUT2D eigenvalue weighted by atomic mass is 10.2. The van der Waals surface area contributed by atoms with Gasteiger partial charge in [-0.2, -0.15) is 0 Å². The molecule has 1 aromatic heterocycles. The van der Waals surface area contributed by atoms with Gasteiger partial charge in [-0.05, 0) is 46.3 Å². The first-order valence-corrected chi connectivity index (χ1v) is 6.65. The molecule has 0 aliphatic heterocycles. The van der Waals surface area contributed by atoms with Crippen LogP contribution in [-0.2, 0) is 13.2 Å². The van der Waals surface area contributed by atoms with Crippen LogP contribution in [0.4, 0.5) is 4.39 Å². The zero-order valence-electron chi connectivity index (χ0n) is 8.95. The highest BCUT2D eigenvalue weighted by Crippen LogP contribution is 2.25. The molecule has 1 heterocycles. The SMILES string of the molecule is NCc1cc(F)ccc1OCc1ccc(Br)s1. The zero-order valence-corrected chi connectivity index (χ0v) is 11.4. The Labute approximate surface area is 111 Å². The second-order valence-corrected chi connectivity index (χ2v) is 6.00. The van der Waals surface area contributed by atoms with Crippen LogP contribution in [0.2, 0.25) is 0 Å². The minimum Gasteiger partial charge on any atom is -0.488 e. The van der Waals surface area contributed by atoms with E-state index in [1.54, 1.807) is 17.4 Å². The third kappa shape index (κ3) is 3.28. The van der Waals surface area contributed by atoms with Crippen LogP contribution in [0.1, 0.15) is 10.4 Å². The molecule has 0 aliphatic carbocycles. The fourth-order valence-corrected chi connectivity index (χ4v) is 2.82. The molecule has 5 heteroatoms. The first-order chi connectivity index (χ1) is 8.19. The van der Waals surface area contributed by atoms with Crippen molar-refractivity contribution in [2.24, 2.45) is 5.73 Å². The maximum atomic E-state index is 13.0. The molecule has 0 unspecified atom stereocenters. The van der Waals surface area contributed by atoms with Gasteiger partial charge in [0.1, 0.15) is 18.2 Å². The summed E-state index contributed by atoms with van der Waals surface area (Å²) >= 11 is 5.00. The van der Waals surface area contributed by atoms with Gasteiger partial charge >= 0.3 is 0 Å². The third-order valence-corrected chi connectivity index (χ3v) is 3.84. The van der Waals surface area contributed by atoms with Crippen LogP contribution in [0.5, 0.6) is 5.75 Å². The number of ether oxygens (including phenoxy) is 1. The predicted molar refractivity (Wildman–Crippen MR) is 70.6 cm³/mol. The van der Waals surface area contributed by atoms with Crippen molar-refractivity contribution in [3.8, 4) is 5.75 Å². The number of benzene rings is 1. The summed E-state index contributed by atoms with van der Waals surface area (Å²) in [4.78, 5) is 1.10. The molecule has 0 saturated heterocycles. The van der Waals surface area contributed by atoms with Crippen LogP contribution in [-0.4, -0.2) is 0 Å². The summed E-state index contributed by atoms with van der Waals surface area (Å²) in [6.07, 6.45) is 0. The van der Waals surface area contributed by atoms with Gasteiger partial charge in [-0.3, -0.25) is 0 Å². The smallest absolute Gasteiger partial charge is 0.124 e. The molecule has 2 nitrogen and oxygen atoms in total. The number of thiophene rings is 1. The maximum Gasteiger partial charge on any atom is 0.124 e. The van der Waals surface area contributed by atoms with E-state index in [1.807, 2.05) is 12.1 Å². The van der Waals surface area contributed by atoms with E-state index in [2.05, 4.69) is 15.9 Å². The number of nitrogens with two attached hydrogens (primary N) is 1. The Bertz CT molecular complexity index is 515. The van der Waals surface area contributed by atoms with Gasteiger partial charge in [-0.1, -0.05) is 0 Å². The highest BCUT2D eigenvalue weighted by molar-refractivity contribution is 9.11. The molecule has 17 heavy (non-hydrogen) atoms. The summed E-state index contributed by atoms with van der Waals surface area (Å²) in [5, 5.41) is 0. The van der Waals surface area contributed by atoms with Crippen molar-refractivity contribution in [3.63, 3.8) is 0 Å². The van der Waals surface area contributed by atoms with Crippen molar-refractivity contribution in [3.05, 3.63) is 50.4 Å². The molecule has 0 atom stereocenters. The second-order valence-electron chi connectivity index (χ2n) is 3.45. The molecular weight excluding hydrogens is 305 g/mol. The van der Waals surface area contributed by atoms with Crippen LogP contribution < -0.4 is 10.5 Å². The molecule has 2 rings (SSSR count). The maximum absolute atomic E-state index is 13.0. The van der Waals surface area contributed by atoms with Crippen LogP contribution in [0.25, 0.3) is 0 Å². The summed E-state index contributed by atoms with van der Waals surface area (Å²) < 4.78 is 19.7. The molecule has 0 saturated carbocycles. The topological polar surface area (TPSA) is 35.2 Å². The molecule has 0 amide bonds. The number of hydrogen-bond acceptors (Lipinski definition) is 3. The molecular formula is C12H11BrFNOS. The third-order valence-electron chi connectivity index (χ3n) is 2.24. The van der Waals surface area contributed by atoms with Crippen molar-refractivity contribution in [1.29, 1.82) is 0 Å². The lowest BCUT2D eigenvalue weighted by molar-refractivity contribution is 0.306. The van der Waals surface area contributed by atoms with E-state index in [1.165, 1.54) is 12.1 Å². The first kappa shape index (κ1) is 12.5. The first-order valence-electron chi connectivity index (χ1n) is 5.04. The molecule has 2 aromatic rings. The summed E-state index contributed by atoms with van der Waals surface area (Å²) in [7, 11) is 0. The molecule has 0 spiro atoms. The Balaban J connectivity index is 2.08. The fraction of sp³-hybridized carbons (Fsp3) is 0.167. The molecule has 90 valence electrons. The van der Waals surface area contributed by atoms with Gasteiger partial charge in [-0.15, -0.1) is 11.3 Å². The number of rotatable bonds is 4.